The van der Waals surface area contributed by atoms with E-state index in [1.54, 1.807) is 6.26 Å². The molecule has 90 valence electrons. The van der Waals surface area contributed by atoms with E-state index in [0.717, 1.165) is 4.68 Å². The summed E-state index contributed by atoms with van der Waals surface area (Å²) in [5, 5.41) is 8.40. The van der Waals surface area contributed by atoms with Crippen molar-refractivity contribution in [3.63, 3.8) is 0 Å². The number of hydrogen-bond acceptors (Lipinski definition) is 5. The Morgan fingerprint density at radius 1 is 1.38 bits per heavy atom. The molecule has 0 saturated heterocycles. The second-order valence-electron chi connectivity index (χ2n) is 4.59. The molecule has 1 aromatic heterocycles. The molecule has 0 unspecified atom stereocenters. The van der Waals surface area contributed by atoms with Gasteiger partial charge < -0.3 is 5.84 Å². The Morgan fingerprint density at radius 3 is 2.38 bits per heavy atom. The van der Waals surface area contributed by atoms with Crippen molar-refractivity contribution in [1.82, 2.24) is 14.9 Å². The standard InChI is InChI=1S/C10H18N4OS/c1-6(2)10(3,4)7-8(15)14(11)9(16-5)13-12-7/h6H,11H2,1-5H3. The van der Waals surface area contributed by atoms with E-state index in [1.807, 2.05) is 27.7 Å². The molecule has 0 aromatic carbocycles. The van der Waals surface area contributed by atoms with Crippen LogP contribution in [0.25, 0.3) is 0 Å². The molecule has 0 aliphatic rings. The van der Waals surface area contributed by atoms with E-state index in [1.165, 1.54) is 11.8 Å². The molecule has 0 radical (unpaired) electrons. The van der Waals surface area contributed by atoms with Crippen LogP contribution in [0.4, 0.5) is 0 Å². The minimum absolute atomic E-state index is 0.266. The maximum atomic E-state index is 12.0. The van der Waals surface area contributed by atoms with Crippen molar-refractivity contribution in [3.05, 3.63) is 16.0 Å². The zero-order valence-corrected chi connectivity index (χ0v) is 11.1. The first-order chi connectivity index (χ1) is 7.32. The maximum Gasteiger partial charge on any atom is 0.295 e. The lowest BCUT2D eigenvalue weighted by atomic mass is 9.78. The molecule has 1 aromatic rings. The minimum atomic E-state index is -0.331. The largest absolute Gasteiger partial charge is 0.334 e. The van der Waals surface area contributed by atoms with Crippen LogP contribution >= 0.6 is 11.8 Å². The number of nitrogens with zero attached hydrogens (tertiary/aromatic N) is 3. The first-order valence-electron chi connectivity index (χ1n) is 5.11. The van der Waals surface area contributed by atoms with Crippen LogP contribution in [0.15, 0.2) is 9.95 Å². The van der Waals surface area contributed by atoms with Crippen molar-refractivity contribution in [2.45, 2.75) is 38.3 Å². The number of rotatable bonds is 3. The molecule has 0 amide bonds. The molecule has 0 saturated carbocycles. The lowest BCUT2D eigenvalue weighted by molar-refractivity contribution is 0.349. The van der Waals surface area contributed by atoms with Crippen molar-refractivity contribution in [3.8, 4) is 0 Å². The van der Waals surface area contributed by atoms with E-state index in [4.69, 9.17) is 5.84 Å². The normalized spacial score (nSPS) is 12.1. The van der Waals surface area contributed by atoms with Crippen molar-refractivity contribution in [1.29, 1.82) is 0 Å². The summed E-state index contributed by atoms with van der Waals surface area (Å²) in [6, 6.07) is 0. The summed E-state index contributed by atoms with van der Waals surface area (Å²) in [4.78, 5) is 12.0. The predicted octanol–water partition coefficient (Wildman–Crippen LogP) is 1.01. The summed E-state index contributed by atoms with van der Waals surface area (Å²) in [5.41, 5.74) is -0.178. The van der Waals surface area contributed by atoms with Gasteiger partial charge in [-0.3, -0.25) is 4.79 Å². The third kappa shape index (κ3) is 2.07. The lowest BCUT2D eigenvalue weighted by Gasteiger charge is -2.27. The van der Waals surface area contributed by atoms with Crippen LogP contribution in [0, 0.1) is 5.92 Å². The number of nitrogen functional groups attached to an aromatic ring is 1. The Labute approximate surface area is 99.4 Å². The van der Waals surface area contributed by atoms with Gasteiger partial charge in [-0.15, -0.1) is 10.2 Å². The SMILES string of the molecule is CSc1nnc(C(C)(C)C(C)C)c(=O)n1N. The Kier molecular flexibility index (Phi) is 3.62. The number of aromatic nitrogens is 3. The van der Waals surface area contributed by atoms with Crippen LogP contribution in [-0.2, 0) is 5.41 Å². The molecular formula is C10H18N4OS. The van der Waals surface area contributed by atoms with Gasteiger partial charge in [-0.1, -0.05) is 39.5 Å². The van der Waals surface area contributed by atoms with Gasteiger partial charge in [0.1, 0.15) is 5.69 Å². The monoisotopic (exact) mass is 242 g/mol. The summed E-state index contributed by atoms with van der Waals surface area (Å²) >= 11 is 1.30. The van der Waals surface area contributed by atoms with Crippen LogP contribution < -0.4 is 11.4 Å². The van der Waals surface area contributed by atoms with Crippen LogP contribution in [0.5, 0.6) is 0 Å². The van der Waals surface area contributed by atoms with Gasteiger partial charge >= 0.3 is 0 Å². The van der Waals surface area contributed by atoms with E-state index >= 15 is 0 Å². The molecule has 0 spiro atoms. The molecule has 0 fully saturated rings. The van der Waals surface area contributed by atoms with Crippen molar-refractivity contribution >= 4 is 11.8 Å². The zero-order valence-electron chi connectivity index (χ0n) is 10.3. The molecule has 0 aliphatic carbocycles. The Bertz CT molecular complexity index is 439. The lowest BCUT2D eigenvalue weighted by Crippen LogP contribution is -2.41. The molecule has 16 heavy (non-hydrogen) atoms. The molecule has 1 rings (SSSR count). The second-order valence-corrected chi connectivity index (χ2v) is 5.36. The molecule has 6 heteroatoms. The highest BCUT2D eigenvalue weighted by Crippen LogP contribution is 2.27. The Balaban J connectivity index is 3.39. The Morgan fingerprint density at radius 2 is 1.94 bits per heavy atom. The highest BCUT2D eigenvalue weighted by molar-refractivity contribution is 7.98. The summed E-state index contributed by atoms with van der Waals surface area (Å²) in [6.07, 6.45) is 1.81. The molecule has 0 aliphatic heterocycles. The fourth-order valence-corrected chi connectivity index (χ4v) is 1.60. The molecule has 2 N–H and O–H groups in total. The third-order valence-corrected chi connectivity index (χ3v) is 3.74. The van der Waals surface area contributed by atoms with E-state index in [2.05, 4.69) is 10.2 Å². The van der Waals surface area contributed by atoms with Crippen molar-refractivity contribution in [2.75, 3.05) is 12.1 Å². The zero-order chi connectivity index (χ0) is 12.5. The van der Waals surface area contributed by atoms with Crippen LogP contribution in [0.1, 0.15) is 33.4 Å². The third-order valence-electron chi connectivity index (χ3n) is 3.10. The van der Waals surface area contributed by atoms with Crippen LogP contribution in [-0.4, -0.2) is 21.1 Å². The summed E-state index contributed by atoms with van der Waals surface area (Å²) in [6.45, 7) is 8.04. The van der Waals surface area contributed by atoms with Gasteiger partial charge in [0.05, 0.1) is 0 Å². The van der Waals surface area contributed by atoms with Crippen LogP contribution in [0.2, 0.25) is 0 Å². The first kappa shape index (κ1) is 13.0. The second kappa shape index (κ2) is 4.45. The van der Waals surface area contributed by atoms with Gasteiger partial charge in [-0.05, 0) is 12.2 Å². The van der Waals surface area contributed by atoms with Crippen molar-refractivity contribution in [2.24, 2.45) is 5.92 Å². The fourth-order valence-electron chi connectivity index (χ4n) is 1.20. The smallest absolute Gasteiger partial charge is 0.295 e. The highest BCUT2D eigenvalue weighted by Gasteiger charge is 2.30. The summed E-state index contributed by atoms with van der Waals surface area (Å²) < 4.78 is 1.07. The highest BCUT2D eigenvalue weighted by atomic mass is 32.2. The van der Waals surface area contributed by atoms with Crippen LogP contribution in [0.3, 0.4) is 0 Å². The molecular weight excluding hydrogens is 224 g/mol. The summed E-state index contributed by atoms with van der Waals surface area (Å²) in [5.74, 6) is 5.96. The first-order valence-corrected chi connectivity index (χ1v) is 6.34. The predicted molar refractivity (Wildman–Crippen MR) is 66.1 cm³/mol. The number of thioether (sulfide) groups is 1. The van der Waals surface area contributed by atoms with Gasteiger partial charge in [0.15, 0.2) is 0 Å². The molecule has 0 bridgehead atoms. The van der Waals surface area contributed by atoms with E-state index in [9.17, 15) is 4.79 Å². The fraction of sp³-hybridized carbons (Fsp3) is 0.700. The quantitative estimate of drug-likeness (QED) is 0.632. The molecule has 0 atom stereocenters. The van der Waals surface area contributed by atoms with Gasteiger partial charge in [0, 0.05) is 5.41 Å². The van der Waals surface area contributed by atoms with Crippen molar-refractivity contribution < 1.29 is 0 Å². The maximum absolute atomic E-state index is 12.0. The topological polar surface area (TPSA) is 73.8 Å². The number of nitrogens with two attached hydrogens (primary N) is 1. The van der Waals surface area contributed by atoms with Gasteiger partial charge in [-0.2, -0.15) is 4.68 Å². The van der Waals surface area contributed by atoms with Gasteiger partial charge in [0.25, 0.3) is 5.56 Å². The minimum Gasteiger partial charge on any atom is -0.334 e. The summed E-state index contributed by atoms with van der Waals surface area (Å²) in [7, 11) is 0. The van der Waals surface area contributed by atoms with E-state index in [-0.39, 0.29) is 16.9 Å². The average molecular weight is 242 g/mol. The Hall–Kier alpha value is -1.04. The molecule has 1 heterocycles. The van der Waals surface area contributed by atoms with E-state index in [0.29, 0.717) is 10.9 Å². The van der Waals surface area contributed by atoms with Gasteiger partial charge in [-0.25, -0.2) is 0 Å². The number of hydrogen-bond donors (Lipinski definition) is 1. The van der Waals surface area contributed by atoms with Gasteiger partial charge in [0.2, 0.25) is 5.16 Å². The average Bonchev–Trinajstić information content (AvgIpc) is 2.21. The molecule has 5 nitrogen and oxygen atoms in total. The van der Waals surface area contributed by atoms with E-state index < -0.39 is 0 Å².